The van der Waals surface area contributed by atoms with Gasteiger partial charge in [0.25, 0.3) is 0 Å². The first-order valence-corrected chi connectivity index (χ1v) is 5.70. The molecule has 1 heterocycles. The summed E-state index contributed by atoms with van der Waals surface area (Å²) in [5.74, 6) is 0.509. The van der Waals surface area contributed by atoms with Gasteiger partial charge in [-0.05, 0) is 25.0 Å². The fourth-order valence-corrected chi connectivity index (χ4v) is 1.67. The van der Waals surface area contributed by atoms with E-state index in [1.807, 2.05) is 13.0 Å². The van der Waals surface area contributed by atoms with Gasteiger partial charge in [0.1, 0.15) is 5.82 Å². The molecule has 1 atom stereocenters. The number of ether oxygens (including phenoxy) is 2. The summed E-state index contributed by atoms with van der Waals surface area (Å²) in [6.07, 6.45) is 2.41. The van der Waals surface area contributed by atoms with Gasteiger partial charge in [-0.1, -0.05) is 0 Å². The molecular formula is C12H21N3O2. The first-order valence-electron chi connectivity index (χ1n) is 5.70. The number of nitrogens with zero attached hydrogens (tertiary/aromatic N) is 1. The van der Waals surface area contributed by atoms with Gasteiger partial charge in [0.15, 0.2) is 0 Å². The van der Waals surface area contributed by atoms with Crippen molar-refractivity contribution in [2.45, 2.75) is 19.4 Å². The van der Waals surface area contributed by atoms with Crippen LogP contribution in [0.3, 0.4) is 0 Å². The molecule has 0 fully saturated rings. The molecule has 0 aromatic carbocycles. The van der Waals surface area contributed by atoms with E-state index in [-0.39, 0.29) is 6.04 Å². The van der Waals surface area contributed by atoms with Crippen LogP contribution >= 0.6 is 0 Å². The Bertz CT molecular complexity index is 324. The predicted octanol–water partition coefficient (Wildman–Crippen LogP) is 1.03. The summed E-state index contributed by atoms with van der Waals surface area (Å²) in [4.78, 5) is 4.06. The first-order chi connectivity index (χ1) is 8.16. The first kappa shape index (κ1) is 13.9. The van der Waals surface area contributed by atoms with E-state index in [4.69, 9.17) is 20.9 Å². The molecule has 96 valence electrons. The number of aromatic nitrogens is 1. The summed E-state index contributed by atoms with van der Waals surface area (Å²) >= 11 is 0. The highest BCUT2D eigenvalue weighted by molar-refractivity contribution is 5.45. The van der Waals surface area contributed by atoms with Gasteiger partial charge >= 0.3 is 0 Å². The molecule has 0 aliphatic carbocycles. The number of nitrogen functional groups attached to an aromatic ring is 1. The Morgan fingerprint density at radius 1 is 1.35 bits per heavy atom. The van der Waals surface area contributed by atoms with E-state index in [0.717, 1.165) is 17.5 Å². The molecule has 0 spiro atoms. The molecule has 0 saturated carbocycles. The maximum atomic E-state index is 6.08. The smallest absolute Gasteiger partial charge is 0.128 e. The molecule has 1 unspecified atom stereocenters. The highest BCUT2D eigenvalue weighted by atomic mass is 16.5. The van der Waals surface area contributed by atoms with Crippen molar-refractivity contribution in [1.82, 2.24) is 4.98 Å². The minimum Gasteiger partial charge on any atom is -0.383 e. The lowest BCUT2D eigenvalue weighted by molar-refractivity contribution is 0.0672. The average Bonchev–Trinajstić information content (AvgIpc) is 2.28. The third-order valence-electron chi connectivity index (χ3n) is 2.61. The highest BCUT2D eigenvalue weighted by Crippen LogP contribution is 2.22. The summed E-state index contributed by atoms with van der Waals surface area (Å²) in [7, 11) is 1.65. The van der Waals surface area contributed by atoms with Crippen molar-refractivity contribution in [1.29, 1.82) is 0 Å². The maximum Gasteiger partial charge on any atom is 0.128 e. The minimum absolute atomic E-state index is 0.133. The van der Waals surface area contributed by atoms with Gasteiger partial charge in [0, 0.05) is 31.5 Å². The topological polar surface area (TPSA) is 83.4 Å². The second-order valence-electron chi connectivity index (χ2n) is 3.93. The van der Waals surface area contributed by atoms with Crippen LogP contribution in [0, 0.1) is 6.92 Å². The Balaban J connectivity index is 2.44. The van der Waals surface area contributed by atoms with E-state index >= 15 is 0 Å². The molecule has 0 aliphatic heterocycles. The van der Waals surface area contributed by atoms with E-state index in [0.29, 0.717) is 25.6 Å². The molecule has 5 nitrogen and oxygen atoms in total. The fourth-order valence-electron chi connectivity index (χ4n) is 1.67. The normalized spacial score (nSPS) is 12.6. The minimum atomic E-state index is -0.133. The zero-order chi connectivity index (χ0) is 12.7. The molecule has 1 aromatic rings. The van der Waals surface area contributed by atoms with Gasteiger partial charge < -0.3 is 20.9 Å². The number of aryl methyl sites for hydroxylation is 1. The Morgan fingerprint density at radius 2 is 2.12 bits per heavy atom. The monoisotopic (exact) mass is 239 g/mol. The van der Waals surface area contributed by atoms with Crippen LogP contribution in [0.1, 0.15) is 23.6 Å². The molecule has 0 radical (unpaired) electrons. The van der Waals surface area contributed by atoms with Crippen molar-refractivity contribution < 1.29 is 9.47 Å². The zero-order valence-electron chi connectivity index (χ0n) is 10.5. The molecule has 5 heteroatoms. The van der Waals surface area contributed by atoms with E-state index in [2.05, 4.69) is 4.98 Å². The number of methoxy groups -OCH3 is 1. The van der Waals surface area contributed by atoms with Gasteiger partial charge in [-0.2, -0.15) is 0 Å². The van der Waals surface area contributed by atoms with E-state index in [1.165, 1.54) is 0 Å². The molecule has 0 bridgehead atoms. The lowest BCUT2D eigenvalue weighted by Gasteiger charge is -2.16. The van der Waals surface area contributed by atoms with Gasteiger partial charge in [-0.15, -0.1) is 0 Å². The summed E-state index contributed by atoms with van der Waals surface area (Å²) < 4.78 is 10.3. The number of hydrogen-bond acceptors (Lipinski definition) is 5. The van der Waals surface area contributed by atoms with E-state index in [9.17, 15) is 0 Å². The molecule has 0 saturated heterocycles. The van der Waals surface area contributed by atoms with Gasteiger partial charge in [-0.25, -0.2) is 4.98 Å². The Morgan fingerprint density at radius 3 is 2.76 bits per heavy atom. The van der Waals surface area contributed by atoms with Crippen LogP contribution in [0.25, 0.3) is 0 Å². The maximum absolute atomic E-state index is 6.08. The molecule has 0 aliphatic rings. The van der Waals surface area contributed by atoms with E-state index < -0.39 is 0 Å². The van der Waals surface area contributed by atoms with Crippen LogP contribution in [-0.4, -0.2) is 31.9 Å². The fraction of sp³-hybridized carbons (Fsp3) is 0.583. The van der Waals surface area contributed by atoms with Crippen LogP contribution < -0.4 is 11.5 Å². The van der Waals surface area contributed by atoms with Crippen LogP contribution in [-0.2, 0) is 9.47 Å². The van der Waals surface area contributed by atoms with Gasteiger partial charge in [-0.3, -0.25) is 0 Å². The molecule has 4 N–H and O–H groups in total. The van der Waals surface area contributed by atoms with Crippen molar-refractivity contribution in [2.75, 3.05) is 32.7 Å². The number of anilines is 1. The SMILES string of the molecule is COCCOCCC(N)c1c(C)ccnc1N. The average molecular weight is 239 g/mol. The third kappa shape index (κ3) is 4.30. The van der Waals surface area contributed by atoms with Crippen LogP contribution in [0.15, 0.2) is 12.3 Å². The standard InChI is InChI=1S/C12H21N3O2/c1-9-3-5-15-12(14)11(9)10(13)4-6-17-8-7-16-2/h3,5,10H,4,6-8,13H2,1-2H3,(H2,14,15). The second kappa shape index (κ2) is 7.21. The Labute approximate surface area is 102 Å². The summed E-state index contributed by atoms with van der Waals surface area (Å²) in [6, 6.07) is 1.78. The predicted molar refractivity (Wildman–Crippen MR) is 67.6 cm³/mol. The van der Waals surface area contributed by atoms with Crippen molar-refractivity contribution in [2.24, 2.45) is 5.73 Å². The summed E-state index contributed by atoms with van der Waals surface area (Å²) in [5, 5.41) is 0. The van der Waals surface area contributed by atoms with Gasteiger partial charge in [0.05, 0.1) is 13.2 Å². The van der Waals surface area contributed by atoms with Crippen LogP contribution in [0.5, 0.6) is 0 Å². The molecule has 1 rings (SSSR count). The number of nitrogens with two attached hydrogens (primary N) is 2. The number of pyridine rings is 1. The molecule has 1 aromatic heterocycles. The number of hydrogen-bond donors (Lipinski definition) is 2. The molecule has 0 amide bonds. The lowest BCUT2D eigenvalue weighted by Crippen LogP contribution is -2.17. The van der Waals surface area contributed by atoms with Crippen LogP contribution in [0.4, 0.5) is 5.82 Å². The van der Waals surface area contributed by atoms with Crippen molar-refractivity contribution in [3.05, 3.63) is 23.4 Å². The largest absolute Gasteiger partial charge is 0.383 e. The summed E-state index contributed by atoms with van der Waals surface area (Å²) in [5.41, 5.74) is 13.9. The quantitative estimate of drug-likeness (QED) is 0.694. The van der Waals surface area contributed by atoms with Crippen molar-refractivity contribution >= 4 is 5.82 Å². The zero-order valence-corrected chi connectivity index (χ0v) is 10.5. The molecular weight excluding hydrogens is 218 g/mol. The van der Waals surface area contributed by atoms with Crippen molar-refractivity contribution in [3.63, 3.8) is 0 Å². The third-order valence-corrected chi connectivity index (χ3v) is 2.61. The lowest BCUT2D eigenvalue weighted by atomic mass is 10.0. The Kier molecular flexibility index (Phi) is 5.90. The second-order valence-corrected chi connectivity index (χ2v) is 3.93. The Hall–Kier alpha value is -1.17. The highest BCUT2D eigenvalue weighted by Gasteiger charge is 2.12. The number of rotatable bonds is 7. The summed E-state index contributed by atoms with van der Waals surface area (Å²) in [6.45, 7) is 3.77. The van der Waals surface area contributed by atoms with Crippen LogP contribution in [0.2, 0.25) is 0 Å². The van der Waals surface area contributed by atoms with E-state index in [1.54, 1.807) is 13.3 Å². The van der Waals surface area contributed by atoms with Gasteiger partial charge in [0.2, 0.25) is 0 Å². The molecule has 17 heavy (non-hydrogen) atoms. The van der Waals surface area contributed by atoms with Crippen molar-refractivity contribution in [3.8, 4) is 0 Å².